The minimum absolute atomic E-state index is 0.414. The van der Waals surface area contributed by atoms with Gasteiger partial charge in [0.15, 0.2) is 0 Å². The zero-order valence-electron chi connectivity index (χ0n) is 24.7. The molecule has 1 aliphatic heterocycles. The van der Waals surface area contributed by atoms with Crippen LogP contribution in [0.3, 0.4) is 0 Å². The highest BCUT2D eigenvalue weighted by atomic mass is 15.3. The predicted molar refractivity (Wildman–Crippen MR) is 170 cm³/mol. The fraction of sp³-hybridized carbons (Fsp3) is 0.394. The minimum Gasteiger partial charge on any atom is -0.383 e. The third-order valence-electron chi connectivity index (χ3n) is 9.25. The van der Waals surface area contributed by atoms with E-state index in [1.807, 2.05) is 6.92 Å². The average Bonchev–Trinajstić information content (AvgIpc) is 3.39. The summed E-state index contributed by atoms with van der Waals surface area (Å²) in [5.74, 6) is 1.12. The highest BCUT2D eigenvalue weighted by Crippen LogP contribution is 2.39. The van der Waals surface area contributed by atoms with Gasteiger partial charge in [0.2, 0.25) is 5.95 Å². The number of rotatable bonds is 5. The van der Waals surface area contributed by atoms with Gasteiger partial charge in [-0.05, 0) is 75.9 Å². The zero-order valence-corrected chi connectivity index (χ0v) is 24.7. The van der Waals surface area contributed by atoms with Gasteiger partial charge in [0.1, 0.15) is 17.8 Å². The van der Waals surface area contributed by atoms with Crippen LogP contribution in [0, 0.1) is 13.8 Å². The van der Waals surface area contributed by atoms with Crippen molar-refractivity contribution < 1.29 is 0 Å². The van der Waals surface area contributed by atoms with Crippen LogP contribution < -0.4 is 11.1 Å². The summed E-state index contributed by atoms with van der Waals surface area (Å²) in [6, 6.07) is 15.8. The van der Waals surface area contributed by atoms with E-state index in [1.165, 1.54) is 44.6 Å². The van der Waals surface area contributed by atoms with Crippen molar-refractivity contribution in [3.8, 4) is 11.1 Å². The van der Waals surface area contributed by atoms with Gasteiger partial charge < -0.3 is 20.5 Å². The Balaban J connectivity index is 1.13. The van der Waals surface area contributed by atoms with E-state index in [-0.39, 0.29) is 0 Å². The minimum atomic E-state index is 0.414. The Morgan fingerprint density at radius 1 is 0.857 bits per heavy atom. The normalized spacial score (nSPS) is 20.4. The SMILES string of the molecule is Cc1ccc2c(C)nc(Nc3ccc(-c4cn([C@H]5CC[C@H](N6CCN(C)CC6)CC5)c5ncnc(N)c45)cc3)nc2c1. The third-order valence-corrected chi connectivity index (χ3v) is 9.25. The van der Waals surface area contributed by atoms with Crippen molar-refractivity contribution in [2.45, 2.75) is 51.6 Å². The lowest BCUT2D eigenvalue weighted by atomic mass is 9.89. The van der Waals surface area contributed by atoms with E-state index in [1.54, 1.807) is 6.33 Å². The quantitative estimate of drug-likeness (QED) is 0.281. The summed E-state index contributed by atoms with van der Waals surface area (Å²) in [7, 11) is 2.22. The molecule has 7 rings (SSSR count). The van der Waals surface area contributed by atoms with E-state index in [2.05, 4.69) is 92.3 Å². The second kappa shape index (κ2) is 11.0. The number of fused-ring (bicyclic) bond motifs is 2. The van der Waals surface area contributed by atoms with Crippen molar-refractivity contribution in [1.82, 2.24) is 34.3 Å². The lowest BCUT2D eigenvalue weighted by molar-refractivity contribution is 0.0828. The van der Waals surface area contributed by atoms with Crippen LogP contribution in [0.15, 0.2) is 55.0 Å². The van der Waals surface area contributed by atoms with Crippen molar-refractivity contribution in [2.24, 2.45) is 0 Å². The Labute approximate surface area is 246 Å². The molecule has 1 saturated carbocycles. The summed E-state index contributed by atoms with van der Waals surface area (Å²) in [4.78, 5) is 23.7. The van der Waals surface area contributed by atoms with Crippen LogP contribution >= 0.6 is 0 Å². The molecule has 42 heavy (non-hydrogen) atoms. The van der Waals surface area contributed by atoms with Crippen molar-refractivity contribution in [1.29, 1.82) is 0 Å². The summed E-state index contributed by atoms with van der Waals surface area (Å²) in [6.45, 7) is 8.81. The van der Waals surface area contributed by atoms with Gasteiger partial charge in [-0.2, -0.15) is 0 Å². The van der Waals surface area contributed by atoms with Crippen LogP contribution in [0.25, 0.3) is 33.1 Å². The van der Waals surface area contributed by atoms with E-state index in [0.29, 0.717) is 23.8 Å². The molecule has 2 fully saturated rings. The molecule has 0 bridgehead atoms. The monoisotopic (exact) mass is 561 g/mol. The van der Waals surface area contributed by atoms with Gasteiger partial charge in [-0.1, -0.05) is 24.3 Å². The number of nitrogens with two attached hydrogens (primary N) is 1. The maximum Gasteiger partial charge on any atom is 0.228 e. The highest BCUT2D eigenvalue weighted by molar-refractivity contribution is 6.00. The Hall–Kier alpha value is -4.08. The van der Waals surface area contributed by atoms with Gasteiger partial charge >= 0.3 is 0 Å². The number of aromatic nitrogens is 5. The molecule has 216 valence electrons. The predicted octanol–water partition coefficient (Wildman–Crippen LogP) is 5.72. The highest BCUT2D eigenvalue weighted by Gasteiger charge is 2.30. The second-order valence-corrected chi connectivity index (χ2v) is 12.1. The first kappa shape index (κ1) is 26.8. The number of nitrogens with zero attached hydrogens (tertiary/aromatic N) is 7. The molecule has 4 heterocycles. The molecule has 5 aromatic rings. The molecule has 3 N–H and O–H groups in total. The van der Waals surface area contributed by atoms with Crippen LogP contribution in [-0.2, 0) is 0 Å². The van der Waals surface area contributed by atoms with Gasteiger partial charge in [-0.25, -0.2) is 19.9 Å². The fourth-order valence-corrected chi connectivity index (χ4v) is 6.81. The number of piperazine rings is 1. The molecule has 0 amide bonds. The summed E-state index contributed by atoms with van der Waals surface area (Å²) in [5, 5.41) is 5.40. The van der Waals surface area contributed by atoms with Crippen LogP contribution in [0.4, 0.5) is 17.5 Å². The van der Waals surface area contributed by atoms with Crippen LogP contribution in [0.1, 0.15) is 43.0 Å². The number of aryl methyl sites for hydroxylation is 2. The Bertz CT molecular complexity index is 1730. The van der Waals surface area contributed by atoms with Crippen LogP contribution in [0.5, 0.6) is 0 Å². The van der Waals surface area contributed by atoms with E-state index < -0.39 is 0 Å². The summed E-state index contributed by atoms with van der Waals surface area (Å²) < 4.78 is 2.36. The molecule has 0 radical (unpaired) electrons. The molecule has 2 aliphatic rings. The number of anilines is 3. The number of benzene rings is 2. The van der Waals surface area contributed by atoms with Gasteiger partial charge in [-0.3, -0.25) is 4.90 Å². The molecule has 3 aromatic heterocycles. The van der Waals surface area contributed by atoms with Crippen molar-refractivity contribution in [2.75, 3.05) is 44.3 Å². The molecule has 0 unspecified atom stereocenters. The molecule has 2 aromatic carbocycles. The molecule has 9 heteroatoms. The Morgan fingerprint density at radius 3 is 2.36 bits per heavy atom. The fourth-order valence-electron chi connectivity index (χ4n) is 6.81. The van der Waals surface area contributed by atoms with Gasteiger partial charge in [0.25, 0.3) is 0 Å². The standard InChI is InChI=1S/C33H39N9/c1-21-4-13-27-22(2)37-33(39-29(27)18-21)38-24-7-5-23(6-8-24)28-19-42(32-30(28)31(34)35-20-36-32)26-11-9-25(10-12-26)41-16-14-40(3)15-17-41/h4-8,13,18-20,25-26H,9-12,14-17H2,1-3H3,(H2,34,35,36)(H,37,38,39)/t25-,26-. The number of nitrogens with one attached hydrogen (secondary N) is 1. The molecule has 0 atom stereocenters. The molecular formula is C33H39N9. The number of hydrogen-bond acceptors (Lipinski definition) is 8. The van der Waals surface area contributed by atoms with E-state index in [0.717, 1.165) is 57.3 Å². The average molecular weight is 562 g/mol. The third kappa shape index (κ3) is 5.07. The summed E-state index contributed by atoms with van der Waals surface area (Å²) >= 11 is 0. The van der Waals surface area contributed by atoms with E-state index in [4.69, 9.17) is 15.7 Å². The Kier molecular flexibility index (Phi) is 6.99. The maximum atomic E-state index is 6.47. The first-order chi connectivity index (χ1) is 20.4. The molecule has 1 aliphatic carbocycles. The van der Waals surface area contributed by atoms with Gasteiger partial charge in [0, 0.05) is 61.1 Å². The number of nitrogen functional groups attached to an aromatic ring is 1. The Morgan fingerprint density at radius 2 is 1.60 bits per heavy atom. The zero-order chi connectivity index (χ0) is 28.8. The van der Waals surface area contributed by atoms with Gasteiger partial charge in [0.05, 0.1) is 16.6 Å². The number of hydrogen-bond donors (Lipinski definition) is 2. The molecule has 9 nitrogen and oxygen atoms in total. The molecular weight excluding hydrogens is 522 g/mol. The molecule has 1 saturated heterocycles. The van der Waals surface area contributed by atoms with E-state index >= 15 is 0 Å². The largest absolute Gasteiger partial charge is 0.383 e. The topological polar surface area (TPSA) is 101 Å². The lowest BCUT2D eigenvalue weighted by Gasteiger charge is -2.41. The van der Waals surface area contributed by atoms with Crippen LogP contribution in [-0.4, -0.2) is 73.6 Å². The summed E-state index contributed by atoms with van der Waals surface area (Å²) in [6.07, 6.45) is 8.58. The first-order valence-corrected chi connectivity index (χ1v) is 15.1. The second-order valence-electron chi connectivity index (χ2n) is 12.1. The van der Waals surface area contributed by atoms with E-state index in [9.17, 15) is 0 Å². The van der Waals surface area contributed by atoms with Crippen LogP contribution in [0.2, 0.25) is 0 Å². The first-order valence-electron chi connectivity index (χ1n) is 15.1. The van der Waals surface area contributed by atoms with Crippen molar-refractivity contribution >= 4 is 39.4 Å². The van der Waals surface area contributed by atoms with Crippen molar-refractivity contribution in [3.63, 3.8) is 0 Å². The summed E-state index contributed by atoms with van der Waals surface area (Å²) in [5.41, 5.74) is 13.6. The molecule has 0 spiro atoms. The number of likely N-dealkylation sites (N-methyl/N-ethyl adjacent to an activating group) is 1. The lowest BCUT2D eigenvalue weighted by Crippen LogP contribution is -2.49. The van der Waals surface area contributed by atoms with Gasteiger partial charge in [-0.15, -0.1) is 0 Å². The van der Waals surface area contributed by atoms with Crippen molar-refractivity contribution in [3.05, 3.63) is 66.2 Å². The smallest absolute Gasteiger partial charge is 0.228 e. The maximum absolute atomic E-state index is 6.47.